The summed E-state index contributed by atoms with van der Waals surface area (Å²) in [7, 11) is 1.92. The smallest absolute Gasteiger partial charge is 0.138 e. The van der Waals surface area contributed by atoms with Gasteiger partial charge in [-0.15, -0.1) is 0 Å². The molecule has 3 rings (SSSR count). The predicted molar refractivity (Wildman–Crippen MR) is 82.3 cm³/mol. The van der Waals surface area contributed by atoms with Crippen molar-refractivity contribution in [1.29, 1.82) is 0 Å². The van der Waals surface area contributed by atoms with Gasteiger partial charge in [0.2, 0.25) is 0 Å². The summed E-state index contributed by atoms with van der Waals surface area (Å²) in [4.78, 5) is 9.50. The van der Waals surface area contributed by atoms with Crippen molar-refractivity contribution in [3.05, 3.63) is 53.0 Å². The summed E-state index contributed by atoms with van der Waals surface area (Å²) >= 11 is 0. The largest absolute Gasteiger partial charge is 0.373 e. The highest BCUT2D eigenvalue weighted by molar-refractivity contribution is 5.42. The molecule has 1 aliphatic rings. The third-order valence-corrected chi connectivity index (χ3v) is 4.06. The average molecular weight is 267 g/mol. The van der Waals surface area contributed by atoms with Crippen LogP contribution in [0.4, 0.5) is 5.82 Å². The molecule has 104 valence electrons. The summed E-state index contributed by atoms with van der Waals surface area (Å²) in [6.07, 6.45) is 2.25. The first-order valence-electron chi connectivity index (χ1n) is 7.33. The number of benzene rings is 1. The van der Waals surface area contributed by atoms with Crippen LogP contribution in [0.2, 0.25) is 0 Å². The Bertz CT molecular complexity index is 619. The molecule has 0 radical (unpaired) electrons. The molecular formula is C17H21N3. The maximum Gasteiger partial charge on any atom is 0.138 e. The van der Waals surface area contributed by atoms with Crippen molar-refractivity contribution in [2.24, 2.45) is 0 Å². The molecule has 0 bridgehead atoms. The lowest BCUT2D eigenvalue weighted by molar-refractivity contribution is 0.704. The fourth-order valence-electron chi connectivity index (χ4n) is 2.89. The topological polar surface area (TPSA) is 37.8 Å². The normalized spacial score (nSPS) is 17.3. The van der Waals surface area contributed by atoms with Gasteiger partial charge in [0, 0.05) is 24.7 Å². The van der Waals surface area contributed by atoms with E-state index in [1.54, 1.807) is 0 Å². The zero-order chi connectivity index (χ0) is 14.1. The van der Waals surface area contributed by atoms with Crippen molar-refractivity contribution in [2.45, 2.75) is 38.5 Å². The highest BCUT2D eigenvalue weighted by Crippen LogP contribution is 2.37. The maximum absolute atomic E-state index is 4.81. The van der Waals surface area contributed by atoms with E-state index >= 15 is 0 Å². The number of hydrogen-bond acceptors (Lipinski definition) is 3. The summed E-state index contributed by atoms with van der Waals surface area (Å²) in [5, 5.41) is 3.16. The van der Waals surface area contributed by atoms with Crippen LogP contribution in [0.15, 0.2) is 30.3 Å². The van der Waals surface area contributed by atoms with Crippen molar-refractivity contribution >= 4 is 5.82 Å². The second kappa shape index (κ2) is 5.23. The van der Waals surface area contributed by atoms with Gasteiger partial charge in [-0.3, -0.25) is 0 Å². The third-order valence-electron chi connectivity index (χ3n) is 4.06. The fraction of sp³-hybridized carbons (Fsp3) is 0.412. The zero-order valence-electron chi connectivity index (χ0n) is 12.4. The molecule has 1 aliphatic carbocycles. The Morgan fingerprint density at radius 1 is 1.20 bits per heavy atom. The minimum Gasteiger partial charge on any atom is -0.373 e. The molecule has 1 heterocycles. The van der Waals surface area contributed by atoms with E-state index in [-0.39, 0.29) is 0 Å². The number of anilines is 1. The van der Waals surface area contributed by atoms with Crippen molar-refractivity contribution in [3.8, 4) is 0 Å². The van der Waals surface area contributed by atoms with Crippen LogP contribution in [-0.4, -0.2) is 17.0 Å². The zero-order valence-corrected chi connectivity index (χ0v) is 12.4. The fourth-order valence-corrected chi connectivity index (χ4v) is 2.89. The van der Waals surface area contributed by atoms with Crippen LogP contribution >= 0.6 is 0 Å². The van der Waals surface area contributed by atoms with Gasteiger partial charge >= 0.3 is 0 Å². The van der Waals surface area contributed by atoms with Crippen molar-refractivity contribution in [2.75, 3.05) is 12.4 Å². The molecule has 1 aromatic heterocycles. The number of hydrogen-bond donors (Lipinski definition) is 1. The van der Waals surface area contributed by atoms with Gasteiger partial charge in [-0.2, -0.15) is 0 Å². The third kappa shape index (κ3) is 2.28. The van der Waals surface area contributed by atoms with E-state index in [0.29, 0.717) is 11.8 Å². The lowest BCUT2D eigenvalue weighted by Crippen LogP contribution is -2.08. The molecule has 0 fully saturated rings. The number of nitrogens with one attached hydrogen (secondary N) is 1. The quantitative estimate of drug-likeness (QED) is 0.921. The van der Waals surface area contributed by atoms with Gasteiger partial charge < -0.3 is 5.32 Å². The Balaban J connectivity index is 2.05. The van der Waals surface area contributed by atoms with Crippen LogP contribution in [0.5, 0.6) is 0 Å². The van der Waals surface area contributed by atoms with Gasteiger partial charge in [-0.1, -0.05) is 38.1 Å². The summed E-state index contributed by atoms with van der Waals surface area (Å²) in [5.74, 6) is 2.64. The van der Waals surface area contributed by atoms with E-state index in [9.17, 15) is 0 Å². The molecular weight excluding hydrogens is 246 g/mol. The monoisotopic (exact) mass is 267 g/mol. The van der Waals surface area contributed by atoms with Gasteiger partial charge in [-0.05, 0) is 29.9 Å². The first-order valence-corrected chi connectivity index (χ1v) is 7.33. The number of aryl methyl sites for hydroxylation is 1. The second-order valence-corrected chi connectivity index (χ2v) is 5.73. The standard InChI is InChI=1S/C17H21N3/c1-11(2)15-10-16(18-3)20-17(19-15)14-9-8-12-6-4-5-7-13(12)14/h4-7,10-11,14H,8-9H2,1-3H3,(H,18,19,20). The van der Waals surface area contributed by atoms with Gasteiger partial charge in [0.25, 0.3) is 0 Å². The molecule has 0 saturated heterocycles. The first-order chi connectivity index (χ1) is 9.69. The molecule has 0 saturated carbocycles. The van der Waals surface area contributed by atoms with E-state index in [2.05, 4.69) is 49.5 Å². The van der Waals surface area contributed by atoms with Gasteiger partial charge in [-0.25, -0.2) is 9.97 Å². The van der Waals surface area contributed by atoms with Crippen LogP contribution < -0.4 is 5.32 Å². The van der Waals surface area contributed by atoms with Gasteiger partial charge in [0.1, 0.15) is 11.6 Å². The minimum absolute atomic E-state index is 0.344. The number of nitrogens with zero attached hydrogens (tertiary/aromatic N) is 2. The molecule has 3 heteroatoms. The Labute approximate surface area is 120 Å². The summed E-state index contributed by atoms with van der Waals surface area (Å²) in [6, 6.07) is 10.7. The highest BCUT2D eigenvalue weighted by Gasteiger charge is 2.26. The van der Waals surface area contributed by atoms with Crippen LogP contribution in [-0.2, 0) is 6.42 Å². The second-order valence-electron chi connectivity index (χ2n) is 5.73. The van der Waals surface area contributed by atoms with E-state index in [4.69, 9.17) is 9.97 Å². The summed E-state index contributed by atoms with van der Waals surface area (Å²) in [6.45, 7) is 4.35. The van der Waals surface area contributed by atoms with Gasteiger partial charge in [0.05, 0.1) is 0 Å². The van der Waals surface area contributed by atoms with E-state index in [0.717, 1.165) is 30.2 Å². The molecule has 0 spiro atoms. The molecule has 20 heavy (non-hydrogen) atoms. The molecule has 0 amide bonds. The SMILES string of the molecule is CNc1cc(C(C)C)nc(C2CCc3ccccc32)n1. The molecule has 3 nitrogen and oxygen atoms in total. The molecule has 0 aliphatic heterocycles. The lowest BCUT2D eigenvalue weighted by atomic mass is 10.00. The lowest BCUT2D eigenvalue weighted by Gasteiger charge is -2.15. The van der Waals surface area contributed by atoms with E-state index in [1.807, 2.05) is 7.05 Å². The van der Waals surface area contributed by atoms with Crippen molar-refractivity contribution in [1.82, 2.24) is 9.97 Å². The average Bonchev–Trinajstić information content (AvgIpc) is 2.90. The van der Waals surface area contributed by atoms with Crippen LogP contribution in [0.3, 0.4) is 0 Å². The van der Waals surface area contributed by atoms with Crippen LogP contribution in [0.1, 0.15) is 54.7 Å². The number of aromatic nitrogens is 2. The first kappa shape index (κ1) is 13.1. The highest BCUT2D eigenvalue weighted by atomic mass is 15.0. The molecule has 1 aromatic carbocycles. The Kier molecular flexibility index (Phi) is 3.43. The van der Waals surface area contributed by atoms with Gasteiger partial charge in [0.15, 0.2) is 0 Å². The Morgan fingerprint density at radius 3 is 2.75 bits per heavy atom. The summed E-state index contributed by atoms with van der Waals surface area (Å²) in [5.41, 5.74) is 3.96. The molecule has 1 unspecified atom stereocenters. The Morgan fingerprint density at radius 2 is 2.00 bits per heavy atom. The minimum atomic E-state index is 0.344. The Hall–Kier alpha value is -1.90. The molecule has 2 aromatic rings. The van der Waals surface area contributed by atoms with Crippen LogP contribution in [0.25, 0.3) is 0 Å². The van der Waals surface area contributed by atoms with E-state index in [1.165, 1.54) is 11.1 Å². The van der Waals surface area contributed by atoms with Crippen molar-refractivity contribution in [3.63, 3.8) is 0 Å². The van der Waals surface area contributed by atoms with Crippen molar-refractivity contribution < 1.29 is 0 Å². The predicted octanol–water partition coefficient (Wildman–Crippen LogP) is 3.72. The van der Waals surface area contributed by atoms with Crippen LogP contribution in [0, 0.1) is 0 Å². The van der Waals surface area contributed by atoms with E-state index < -0.39 is 0 Å². The maximum atomic E-state index is 4.81. The number of fused-ring (bicyclic) bond motifs is 1. The molecule has 1 atom stereocenters. The molecule has 1 N–H and O–H groups in total. The summed E-state index contributed by atoms with van der Waals surface area (Å²) < 4.78 is 0. The number of rotatable bonds is 3.